The van der Waals surface area contributed by atoms with Crippen molar-refractivity contribution in [3.63, 3.8) is 0 Å². The van der Waals surface area contributed by atoms with Crippen LogP contribution < -0.4 is 5.32 Å². The molecule has 6 nitrogen and oxygen atoms in total. The molecule has 1 unspecified atom stereocenters. The highest BCUT2D eigenvalue weighted by Gasteiger charge is 2.31. The van der Waals surface area contributed by atoms with Crippen molar-refractivity contribution in [2.45, 2.75) is 38.8 Å². The first kappa shape index (κ1) is 15.1. The maximum Gasteiger partial charge on any atom is 0.323 e. The predicted molar refractivity (Wildman–Crippen MR) is 70.9 cm³/mol. The Balaban J connectivity index is 2.86. The van der Waals surface area contributed by atoms with Crippen molar-refractivity contribution >= 4 is 11.7 Å². The zero-order valence-electron chi connectivity index (χ0n) is 11.0. The summed E-state index contributed by atoms with van der Waals surface area (Å²) in [7, 11) is 0. The van der Waals surface area contributed by atoms with E-state index < -0.39 is 16.4 Å². The third-order valence-corrected chi connectivity index (χ3v) is 3.08. The smallest absolute Gasteiger partial charge is 0.323 e. The molecule has 0 aliphatic rings. The minimum atomic E-state index is -1.07. The second-order valence-corrected chi connectivity index (χ2v) is 4.63. The Kier molecular flexibility index (Phi) is 5.00. The van der Waals surface area contributed by atoms with Crippen LogP contribution in [0, 0.1) is 10.1 Å². The molecule has 0 saturated heterocycles. The summed E-state index contributed by atoms with van der Waals surface area (Å²) in [5.74, 6) is -0.951. The third-order valence-electron chi connectivity index (χ3n) is 3.08. The standard InChI is InChI=1S/C13H18N2O4/c1-3-8-13(2,12(16)17)14-9-10-6-4-5-7-11(10)15(18)19/h4-7,14H,3,8-9H2,1-2H3,(H,16,17). The van der Waals surface area contributed by atoms with E-state index in [2.05, 4.69) is 5.32 Å². The normalized spacial score (nSPS) is 13.8. The summed E-state index contributed by atoms with van der Waals surface area (Å²) in [4.78, 5) is 21.7. The van der Waals surface area contributed by atoms with Gasteiger partial charge in [0.2, 0.25) is 0 Å². The topological polar surface area (TPSA) is 92.5 Å². The van der Waals surface area contributed by atoms with Crippen LogP contribution in [0.25, 0.3) is 0 Å². The lowest BCUT2D eigenvalue weighted by atomic mass is 9.96. The average Bonchev–Trinajstić information content (AvgIpc) is 2.36. The van der Waals surface area contributed by atoms with Gasteiger partial charge in [-0.3, -0.25) is 20.2 Å². The largest absolute Gasteiger partial charge is 0.480 e. The van der Waals surface area contributed by atoms with Gasteiger partial charge in [-0.05, 0) is 13.3 Å². The van der Waals surface area contributed by atoms with Gasteiger partial charge >= 0.3 is 5.97 Å². The van der Waals surface area contributed by atoms with Crippen LogP contribution in [-0.4, -0.2) is 21.5 Å². The Morgan fingerprint density at radius 2 is 2.11 bits per heavy atom. The molecule has 2 N–H and O–H groups in total. The number of nitrogens with one attached hydrogen (secondary N) is 1. The number of aliphatic carboxylic acids is 1. The van der Waals surface area contributed by atoms with Gasteiger partial charge in [-0.15, -0.1) is 0 Å². The van der Waals surface area contributed by atoms with E-state index in [1.807, 2.05) is 6.92 Å². The number of hydrogen-bond donors (Lipinski definition) is 2. The molecule has 0 amide bonds. The molecule has 104 valence electrons. The lowest BCUT2D eigenvalue weighted by Gasteiger charge is -2.25. The van der Waals surface area contributed by atoms with Gasteiger partial charge in [-0.1, -0.05) is 31.5 Å². The van der Waals surface area contributed by atoms with Crippen LogP contribution in [-0.2, 0) is 11.3 Å². The molecule has 0 fully saturated rings. The second-order valence-electron chi connectivity index (χ2n) is 4.63. The van der Waals surface area contributed by atoms with E-state index in [-0.39, 0.29) is 12.2 Å². The van der Waals surface area contributed by atoms with Crippen LogP contribution in [0.5, 0.6) is 0 Å². The quantitative estimate of drug-likeness (QED) is 0.583. The second kappa shape index (κ2) is 6.29. The van der Waals surface area contributed by atoms with Crippen LogP contribution >= 0.6 is 0 Å². The number of benzene rings is 1. The van der Waals surface area contributed by atoms with Crippen LogP contribution in [0.2, 0.25) is 0 Å². The van der Waals surface area contributed by atoms with Crippen molar-refractivity contribution < 1.29 is 14.8 Å². The number of nitrogens with zero attached hydrogens (tertiary/aromatic N) is 1. The summed E-state index contributed by atoms with van der Waals surface area (Å²) >= 11 is 0. The van der Waals surface area contributed by atoms with Crippen LogP contribution in [0.4, 0.5) is 5.69 Å². The van der Waals surface area contributed by atoms with Gasteiger partial charge in [0.25, 0.3) is 5.69 Å². The van der Waals surface area contributed by atoms with Crippen LogP contribution in [0.3, 0.4) is 0 Å². The highest BCUT2D eigenvalue weighted by atomic mass is 16.6. The average molecular weight is 266 g/mol. The first-order chi connectivity index (χ1) is 8.90. The minimum Gasteiger partial charge on any atom is -0.480 e. The first-order valence-electron chi connectivity index (χ1n) is 6.11. The molecule has 0 spiro atoms. The number of nitro benzene ring substituents is 1. The fourth-order valence-corrected chi connectivity index (χ4v) is 1.90. The fourth-order valence-electron chi connectivity index (χ4n) is 1.90. The highest BCUT2D eigenvalue weighted by Crippen LogP contribution is 2.20. The SMILES string of the molecule is CCCC(C)(NCc1ccccc1[N+](=O)[O-])C(=O)O. The number of carbonyl (C=O) groups is 1. The zero-order valence-corrected chi connectivity index (χ0v) is 11.0. The van der Waals surface area contributed by atoms with E-state index >= 15 is 0 Å². The molecular weight excluding hydrogens is 248 g/mol. The summed E-state index contributed by atoms with van der Waals surface area (Å²) in [5, 5.41) is 23.0. The Hall–Kier alpha value is -1.95. The molecule has 0 aliphatic carbocycles. The van der Waals surface area contributed by atoms with E-state index in [0.717, 1.165) is 0 Å². The number of carboxylic acids is 1. The molecule has 0 heterocycles. The van der Waals surface area contributed by atoms with Crippen molar-refractivity contribution in [1.29, 1.82) is 0 Å². The number of carboxylic acid groups (broad SMARTS) is 1. The number of para-hydroxylation sites is 1. The molecular formula is C13H18N2O4. The van der Waals surface area contributed by atoms with E-state index in [1.54, 1.807) is 25.1 Å². The molecule has 1 aromatic carbocycles. The summed E-state index contributed by atoms with van der Waals surface area (Å²) in [5.41, 5.74) is -0.589. The molecule has 0 bridgehead atoms. The molecule has 1 aromatic rings. The summed E-state index contributed by atoms with van der Waals surface area (Å²) < 4.78 is 0. The summed E-state index contributed by atoms with van der Waals surface area (Å²) in [6.07, 6.45) is 1.18. The van der Waals surface area contributed by atoms with Gasteiger partial charge in [-0.2, -0.15) is 0 Å². The van der Waals surface area contributed by atoms with Crippen molar-refractivity contribution in [3.8, 4) is 0 Å². The first-order valence-corrected chi connectivity index (χ1v) is 6.11. The molecule has 0 aromatic heterocycles. The number of rotatable bonds is 7. The van der Waals surface area contributed by atoms with Gasteiger partial charge in [-0.25, -0.2) is 0 Å². The third kappa shape index (κ3) is 3.75. The Morgan fingerprint density at radius 1 is 1.47 bits per heavy atom. The molecule has 6 heteroatoms. The lowest BCUT2D eigenvalue weighted by molar-refractivity contribution is -0.385. The maximum absolute atomic E-state index is 11.3. The van der Waals surface area contributed by atoms with E-state index in [9.17, 15) is 20.0 Å². The van der Waals surface area contributed by atoms with Crippen LogP contribution in [0.15, 0.2) is 24.3 Å². The predicted octanol–water partition coefficient (Wildman–Crippen LogP) is 2.33. The maximum atomic E-state index is 11.3. The number of hydrogen-bond acceptors (Lipinski definition) is 4. The molecule has 0 aliphatic heterocycles. The van der Waals surface area contributed by atoms with E-state index in [4.69, 9.17) is 0 Å². The molecule has 0 saturated carbocycles. The zero-order chi connectivity index (χ0) is 14.5. The highest BCUT2D eigenvalue weighted by molar-refractivity contribution is 5.78. The van der Waals surface area contributed by atoms with E-state index in [1.165, 1.54) is 6.07 Å². The molecule has 1 atom stereocenters. The summed E-state index contributed by atoms with van der Waals surface area (Å²) in [6.45, 7) is 3.64. The van der Waals surface area contributed by atoms with Gasteiger partial charge in [0, 0.05) is 18.2 Å². The van der Waals surface area contributed by atoms with Gasteiger partial charge in [0.05, 0.1) is 4.92 Å². The van der Waals surface area contributed by atoms with Crippen molar-refractivity contribution in [3.05, 3.63) is 39.9 Å². The minimum absolute atomic E-state index is 0.000706. The van der Waals surface area contributed by atoms with Gasteiger partial charge in [0.1, 0.15) is 5.54 Å². The Labute approximate surface area is 111 Å². The molecule has 0 radical (unpaired) electrons. The monoisotopic (exact) mass is 266 g/mol. The van der Waals surface area contributed by atoms with Crippen molar-refractivity contribution in [2.24, 2.45) is 0 Å². The van der Waals surface area contributed by atoms with Gasteiger partial charge < -0.3 is 5.11 Å². The summed E-state index contributed by atoms with van der Waals surface area (Å²) in [6, 6.07) is 6.32. The Bertz CT molecular complexity index is 475. The Morgan fingerprint density at radius 3 is 2.63 bits per heavy atom. The van der Waals surface area contributed by atoms with E-state index in [0.29, 0.717) is 18.4 Å². The lowest BCUT2D eigenvalue weighted by Crippen LogP contribution is -2.49. The molecule has 19 heavy (non-hydrogen) atoms. The van der Waals surface area contributed by atoms with Crippen molar-refractivity contribution in [2.75, 3.05) is 0 Å². The van der Waals surface area contributed by atoms with Crippen molar-refractivity contribution in [1.82, 2.24) is 5.32 Å². The van der Waals surface area contributed by atoms with Gasteiger partial charge in [0.15, 0.2) is 0 Å². The van der Waals surface area contributed by atoms with Crippen LogP contribution in [0.1, 0.15) is 32.3 Å². The fraction of sp³-hybridized carbons (Fsp3) is 0.462. The number of nitro groups is 1. The molecule has 1 rings (SSSR count).